The van der Waals surface area contributed by atoms with Crippen LogP contribution < -0.4 is 10.6 Å². The topological polar surface area (TPSA) is 219 Å². The van der Waals surface area contributed by atoms with Crippen molar-refractivity contribution in [3.63, 3.8) is 0 Å². The summed E-state index contributed by atoms with van der Waals surface area (Å²) in [5.74, 6) is -6.21. The SMILES string of the molecule is CC(=O)N[C@H]1[C@H](OCCCNC(=O)C(F)(F)F)O[C@H](COCc2ccccc2)[C@@H](O[C@@H]2O[C@H](COCc3ccccc3)[C@H](OC(C)=O)[C@H](OC(C)=O)[C@H]2OC(C)=O)[C@@H]1OC(C)=O. The van der Waals surface area contributed by atoms with Crippen molar-refractivity contribution in [2.75, 3.05) is 26.4 Å². The monoisotopic (exact) mass is 884 g/mol. The van der Waals surface area contributed by atoms with Crippen molar-refractivity contribution in [2.24, 2.45) is 0 Å². The molecule has 0 radical (unpaired) electrons. The van der Waals surface area contributed by atoms with E-state index in [1.807, 2.05) is 18.2 Å². The van der Waals surface area contributed by atoms with E-state index >= 15 is 0 Å². The molecular weight excluding hydrogens is 833 g/mol. The molecule has 0 unspecified atom stereocenters. The highest BCUT2D eigenvalue weighted by molar-refractivity contribution is 5.81. The third-order valence-electron chi connectivity index (χ3n) is 9.04. The third kappa shape index (κ3) is 15.6. The number of rotatable bonds is 20. The van der Waals surface area contributed by atoms with Crippen molar-refractivity contribution < 1.29 is 89.3 Å². The van der Waals surface area contributed by atoms with Gasteiger partial charge in [0, 0.05) is 41.2 Å². The summed E-state index contributed by atoms with van der Waals surface area (Å²) in [5.41, 5.74) is 1.54. The summed E-state index contributed by atoms with van der Waals surface area (Å²) in [7, 11) is 0. The smallest absolute Gasteiger partial charge is 0.457 e. The molecule has 21 heteroatoms. The van der Waals surface area contributed by atoms with Gasteiger partial charge in [-0.1, -0.05) is 60.7 Å². The largest absolute Gasteiger partial charge is 0.471 e. The lowest BCUT2D eigenvalue weighted by Gasteiger charge is -2.49. The Bertz CT molecular complexity index is 1790. The fourth-order valence-electron chi connectivity index (χ4n) is 6.63. The highest BCUT2D eigenvalue weighted by atomic mass is 19.4. The number of hydrogen-bond acceptors (Lipinski definition) is 16. The summed E-state index contributed by atoms with van der Waals surface area (Å²) < 4.78 is 98.0. The third-order valence-corrected chi connectivity index (χ3v) is 9.04. The minimum atomic E-state index is -5.10. The van der Waals surface area contributed by atoms with E-state index in [0.717, 1.165) is 45.7 Å². The zero-order valence-electron chi connectivity index (χ0n) is 34.7. The number of hydrogen-bond donors (Lipinski definition) is 2. The Balaban J connectivity index is 1.73. The number of carbonyl (C=O) groups is 6. The molecule has 0 bridgehead atoms. The van der Waals surface area contributed by atoms with Crippen LogP contribution in [0.15, 0.2) is 60.7 Å². The van der Waals surface area contributed by atoms with Gasteiger partial charge in [-0.3, -0.25) is 28.8 Å². The molecule has 2 fully saturated rings. The molecule has 2 aliphatic heterocycles. The van der Waals surface area contributed by atoms with Crippen molar-refractivity contribution in [2.45, 2.75) is 122 Å². The number of nitrogens with one attached hydrogen (secondary N) is 2. The molecule has 18 nitrogen and oxygen atoms in total. The van der Waals surface area contributed by atoms with Crippen molar-refractivity contribution in [1.82, 2.24) is 10.6 Å². The summed E-state index contributed by atoms with van der Waals surface area (Å²) in [4.78, 5) is 74.5. The molecule has 2 heterocycles. The Labute approximate surface area is 355 Å². The molecule has 342 valence electrons. The molecule has 2 amide bonds. The summed E-state index contributed by atoms with van der Waals surface area (Å²) in [6, 6.07) is 16.6. The number of esters is 4. The molecule has 0 aromatic heterocycles. The Kier molecular flexibility index (Phi) is 19.0. The van der Waals surface area contributed by atoms with E-state index in [1.165, 1.54) is 0 Å². The molecular formula is C41H51F3N2O16. The lowest BCUT2D eigenvalue weighted by molar-refractivity contribution is -0.351. The number of benzene rings is 2. The second kappa shape index (κ2) is 23.9. The van der Waals surface area contributed by atoms with Gasteiger partial charge in [0.15, 0.2) is 37.0 Å². The van der Waals surface area contributed by atoms with Crippen LogP contribution in [0.3, 0.4) is 0 Å². The Morgan fingerprint density at radius 3 is 1.58 bits per heavy atom. The Hall–Kier alpha value is -5.19. The van der Waals surface area contributed by atoms with Gasteiger partial charge in [-0.25, -0.2) is 0 Å². The van der Waals surface area contributed by atoms with Gasteiger partial charge in [0.05, 0.1) is 33.0 Å². The molecule has 0 saturated carbocycles. The van der Waals surface area contributed by atoms with Crippen LogP contribution in [-0.2, 0) is 89.3 Å². The van der Waals surface area contributed by atoms with Crippen molar-refractivity contribution in [3.05, 3.63) is 71.8 Å². The molecule has 0 aliphatic carbocycles. The average molecular weight is 885 g/mol. The standard InChI is InChI=1S/C41H51F3N2O16/c1-23(47)46-32-35(57-25(3)49)33(30(21-53-19-28-13-8-6-9-14-28)60-38(32)55-18-12-17-45-40(52)41(42,43)44)62-39-37(59-27(5)51)36(58-26(4)50)34(56-24(2)48)31(61-39)22-54-20-29-15-10-7-11-16-29/h6-11,13-16,30-39H,12,17-22H2,1-5H3,(H,45,52)(H,46,47)/t30-,31-,32-,33-,34+,35-,36+,37-,38-,39+/m1/s1. The molecule has 2 aromatic rings. The van der Waals surface area contributed by atoms with Gasteiger partial charge in [0.2, 0.25) is 5.91 Å². The van der Waals surface area contributed by atoms with Crippen LogP contribution in [0.5, 0.6) is 0 Å². The van der Waals surface area contributed by atoms with Gasteiger partial charge >= 0.3 is 36.0 Å². The predicted molar refractivity (Wildman–Crippen MR) is 204 cm³/mol. The number of ether oxygens (including phenoxy) is 10. The van der Waals surface area contributed by atoms with E-state index < -0.39 is 110 Å². The minimum Gasteiger partial charge on any atom is -0.457 e. The van der Waals surface area contributed by atoms with Gasteiger partial charge < -0.3 is 58.0 Å². The molecule has 4 rings (SSSR count). The molecule has 2 N–H and O–H groups in total. The molecule has 0 spiro atoms. The Morgan fingerprint density at radius 1 is 0.613 bits per heavy atom. The fraction of sp³-hybridized carbons (Fsp3) is 0.561. The number of carbonyl (C=O) groups excluding carboxylic acids is 6. The summed E-state index contributed by atoms with van der Waals surface area (Å²) in [6.07, 6.45) is -18.6. The van der Waals surface area contributed by atoms with E-state index in [4.69, 9.17) is 47.4 Å². The zero-order valence-corrected chi connectivity index (χ0v) is 34.7. The summed E-state index contributed by atoms with van der Waals surface area (Å²) in [6.45, 7) is 4.24. The summed E-state index contributed by atoms with van der Waals surface area (Å²) in [5, 5.41) is 4.35. The van der Waals surface area contributed by atoms with Crippen molar-refractivity contribution >= 4 is 35.7 Å². The summed E-state index contributed by atoms with van der Waals surface area (Å²) >= 11 is 0. The lowest BCUT2D eigenvalue weighted by atomic mass is 9.94. The predicted octanol–water partition coefficient (Wildman–Crippen LogP) is 2.57. The van der Waals surface area contributed by atoms with E-state index in [0.29, 0.717) is 0 Å². The highest BCUT2D eigenvalue weighted by Gasteiger charge is 2.57. The van der Waals surface area contributed by atoms with Gasteiger partial charge in [-0.2, -0.15) is 13.2 Å². The molecule has 2 aromatic carbocycles. The fourth-order valence-corrected chi connectivity index (χ4v) is 6.63. The normalized spacial score (nSPS) is 26.1. The number of amides is 2. The van der Waals surface area contributed by atoms with Crippen molar-refractivity contribution in [3.8, 4) is 0 Å². The van der Waals surface area contributed by atoms with Crippen LogP contribution in [0.4, 0.5) is 13.2 Å². The molecule has 2 aliphatic rings. The highest BCUT2D eigenvalue weighted by Crippen LogP contribution is 2.35. The number of alkyl halides is 3. The molecule has 2 saturated heterocycles. The molecule has 62 heavy (non-hydrogen) atoms. The van der Waals surface area contributed by atoms with E-state index in [2.05, 4.69) is 5.32 Å². The van der Waals surface area contributed by atoms with E-state index in [9.17, 15) is 41.9 Å². The number of halogens is 3. The Morgan fingerprint density at radius 2 is 1.08 bits per heavy atom. The average Bonchev–Trinajstić information content (AvgIpc) is 3.19. The van der Waals surface area contributed by atoms with Crippen molar-refractivity contribution in [1.29, 1.82) is 0 Å². The maximum Gasteiger partial charge on any atom is 0.471 e. The van der Waals surface area contributed by atoms with Crippen LogP contribution in [0.2, 0.25) is 0 Å². The van der Waals surface area contributed by atoms with Gasteiger partial charge in [0.25, 0.3) is 0 Å². The first kappa shape index (κ1) is 49.5. The maximum atomic E-state index is 12.8. The van der Waals surface area contributed by atoms with E-state index in [-0.39, 0.29) is 39.5 Å². The molecule has 10 atom stereocenters. The first-order chi connectivity index (χ1) is 29.4. The van der Waals surface area contributed by atoms with E-state index in [1.54, 1.807) is 47.8 Å². The quantitative estimate of drug-likeness (QED) is 0.111. The van der Waals surface area contributed by atoms with Crippen LogP contribution in [0, 0.1) is 0 Å². The van der Waals surface area contributed by atoms with Crippen LogP contribution in [0.25, 0.3) is 0 Å². The minimum absolute atomic E-state index is 0.0423. The first-order valence-corrected chi connectivity index (χ1v) is 19.5. The second-order valence-electron chi connectivity index (χ2n) is 14.2. The maximum absolute atomic E-state index is 12.8. The van der Waals surface area contributed by atoms with Gasteiger partial charge in [0.1, 0.15) is 24.4 Å². The van der Waals surface area contributed by atoms with Crippen LogP contribution >= 0.6 is 0 Å². The first-order valence-electron chi connectivity index (χ1n) is 19.5. The van der Waals surface area contributed by atoms with Crippen LogP contribution in [0.1, 0.15) is 52.2 Å². The second-order valence-corrected chi connectivity index (χ2v) is 14.2. The zero-order chi connectivity index (χ0) is 45.4. The lowest BCUT2D eigenvalue weighted by Crippen LogP contribution is -2.69. The van der Waals surface area contributed by atoms with Crippen LogP contribution in [-0.4, -0.2) is 130 Å². The van der Waals surface area contributed by atoms with Gasteiger partial charge in [-0.05, 0) is 17.5 Å². The van der Waals surface area contributed by atoms with Gasteiger partial charge in [-0.15, -0.1) is 0 Å².